The molecule has 0 fully saturated rings. The van der Waals surface area contributed by atoms with Crippen LogP contribution >= 0.6 is 0 Å². The number of hydrogen-bond donors (Lipinski definition) is 0. The molecule has 0 bridgehead atoms. The van der Waals surface area contributed by atoms with E-state index < -0.39 is 12.1 Å². The monoisotopic (exact) mass is 358 g/mol. The summed E-state index contributed by atoms with van der Waals surface area (Å²) >= 11 is 0. The van der Waals surface area contributed by atoms with Gasteiger partial charge in [-0.3, -0.25) is 0 Å². The molecule has 6 nitrogen and oxygen atoms in total. The van der Waals surface area contributed by atoms with Gasteiger partial charge in [0, 0.05) is 0 Å². The van der Waals surface area contributed by atoms with Crippen LogP contribution in [0.25, 0.3) is 0 Å². The SMILES string of the molecule is CCCCOc1ccc(OC(=O)Oc2ccccc2C(=O)OCC)cc1. The molecule has 0 spiro atoms. The highest BCUT2D eigenvalue weighted by Gasteiger charge is 2.17. The highest BCUT2D eigenvalue weighted by Crippen LogP contribution is 2.22. The number of para-hydroxylation sites is 1. The molecule has 0 aliphatic rings. The maximum Gasteiger partial charge on any atom is 0.519 e. The van der Waals surface area contributed by atoms with Crippen molar-refractivity contribution >= 4 is 12.1 Å². The fourth-order valence-electron chi connectivity index (χ4n) is 2.08. The molecule has 0 saturated heterocycles. The Morgan fingerprint density at radius 2 is 1.58 bits per heavy atom. The minimum atomic E-state index is -0.943. The molecule has 2 aromatic carbocycles. The fourth-order valence-corrected chi connectivity index (χ4v) is 2.08. The molecule has 0 heterocycles. The van der Waals surface area contributed by atoms with E-state index in [1.807, 2.05) is 0 Å². The number of hydrogen-bond acceptors (Lipinski definition) is 6. The average Bonchev–Trinajstić information content (AvgIpc) is 2.64. The van der Waals surface area contributed by atoms with Crippen LogP contribution in [-0.4, -0.2) is 25.3 Å². The van der Waals surface area contributed by atoms with Crippen LogP contribution in [0.2, 0.25) is 0 Å². The van der Waals surface area contributed by atoms with Crippen LogP contribution in [0, 0.1) is 0 Å². The molecule has 2 rings (SSSR count). The minimum Gasteiger partial charge on any atom is -0.494 e. The summed E-state index contributed by atoms with van der Waals surface area (Å²) in [5, 5.41) is 0. The van der Waals surface area contributed by atoms with E-state index in [0.717, 1.165) is 12.8 Å². The number of ether oxygens (including phenoxy) is 4. The Balaban J connectivity index is 1.96. The van der Waals surface area contributed by atoms with Crippen LogP contribution in [0.1, 0.15) is 37.0 Å². The van der Waals surface area contributed by atoms with Gasteiger partial charge in [0.2, 0.25) is 0 Å². The summed E-state index contributed by atoms with van der Waals surface area (Å²) in [5.74, 6) is 0.526. The minimum absolute atomic E-state index is 0.0791. The Kier molecular flexibility index (Phi) is 7.49. The highest BCUT2D eigenvalue weighted by atomic mass is 16.7. The van der Waals surface area contributed by atoms with Gasteiger partial charge in [0.05, 0.1) is 13.2 Å². The van der Waals surface area contributed by atoms with Gasteiger partial charge >= 0.3 is 12.1 Å². The third kappa shape index (κ3) is 5.81. The van der Waals surface area contributed by atoms with Gasteiger partial charge in [-0.15, -0.1) is 0 Å². The molecule has 0 aliphatic heterocycles. The molecule has 0 N–H and O–H groups in total. The normalized spacial score (nSPS) is 10.1. The lowest BCUT2D eigenvalue weighted by Gasteiger charge is -2.10. The van der Waals surface area contributed by atoms with E-state index in [4.69, 9.17) is 18.9 Å². The Labute approximate surface area is 152 Å². The average molecular weight is 358 g/mol. The molecule has 26 heavy (non-hydrogen) atoms. The highest BCUT2D eigenvalue weighted by molar-refractivity contribution is 5.93. The number of benzene rings is 2. The van der Waals surface area contributed by atoms with Gasteiger partial charge < -0.3 is 18.9 Å². The van der Waals surface area contributed by atoms with Crippen LogP contribution < -0.4 is 14.2 Å². The first-order valence-electron chi connectivity index (χ1n) is 8.52. The third-order valence-electron chi connectivity index (χ3n) is 3.37. The zero-order valence-corrected chi connectivity index (χ0v) is 14.9. The van der Waals surface area contributed by atoms with Crippen molar-refractivity contribution in [2.45, 2.75) is 26.7 Å². The zero-order valence-electron chi connectivity index (χ0n) is 14.9. The van der Waals surface area contributed by atoms with Crippen LogP contribution in [0.4, 0.5) is 4.79 Å². The third-order valence-corrected chi connectivity index (χ3v) is 3.37. The van der Waals surface area contributed by atoms with Crippen LogP contribution in [0.15, 0.2) is 48.5 Å². The summed E-state index contributed by atoms with van der Waals surface area (Å²) in [6, 6.07) is 13.0. The first-order chi connectivity index (χ1) is 12.6. The maximum atomic E-state index is 12.0. The van der Waals surface area contributed by atoms with Gasteiger partial charge in [-0.05, 0) is 49.7 Å². The summed E-state index contributed by atoms with van der Waals surface area (Å²) < 4.78 is 20.7. The lowest BCUT2D eigenvalue weighted by atomic mass is 10.2. The molecule has 0 saturated carbocycles. The number of carbonyl (C=O) groups excluding carboxylic acids is 2. The molecular weight excluding hydrogens is 336 g/mol. The van der Waals surface area contributed by atoms with Crippen molar-refractivity contribution in [1.29, 1.82) is 0 Å². The van der Waals surface area contributed by atoms with E-state index in [1.165, 1.54) is 12.1 Å². The predicted molar refractivity (Wildman–Crippen MR) is 95.9 cm³/mol. The van der Waals surface area contributed by atoms with E-state index in [-0.39, 0.29) is 17.9 Å². The first-order valence-corrected chi connectivity index (χ1v) is 8.52. The first kappa shape index (κ1) is 19.3. The second-order valence-electron chi connectivity index (χ2n) is 5.34. The number of unbranched alkanes of at least 4 members (excludes halogenated alkanes) is 1. The topological polar surface area (TPSA) is 71.1 Å². The molecule has 0 aliphatic carbocycles. The van der Waals surface area contributed by atoms with Crippen LogP contribution in [0.5, 0.6) is 17.2 Å². The van der Waals surface area contributed by atoms with Crippen molar-refractivity contribution < 1.29 is 28.5 Å². The van der Waals surface area contributed by atoms with E-state index in [9.17, 15) is 9.59 Å². The van der Waals surface area contributed by atoms with Crippen molar-refractivity contribution in [3.63, 3.8) is 0 Å². The zero-order chi connectivity index (χ0) is 18.8. The molecule has 0 atom stereocenters. The van der Waals surface area contributed by atoms with E-state index in [2.05, 4.69) is 6.92 Å². The molecule has 0 aromatic heterocycles. The fraction of sp³-hybridized carbons (Fsp3) is 0.300. The van der Waals surface area contributed by atoms with Crippen molar-refractivity contribution in [2.24, 2.45) is 0 Å². The molecule has 0 radical (unpaired) electrons. The lowest BCUT2D eigenvalue weighted by molar-refractivity contribution is 0.0522. The van der Waals surface area contributed by atoms with E-state index >= 15 is 0 Å². The lowest BCUT2D eigenvalue weighted by Crippen LogP contribution is -2.16. The largest absolute Gasteiger partial charge is 0.519 e. The van der Waals surface area contributed by atoms with E-state index in [0.29, 0.717) is 18.1 Å². The molecular formula is C20H22O6. The van der Waals surface area contributed by atoms with Gasteiger partial charge in [0.1, 0.15) is 22.8 Å². The molecule has 2 aromatic rings. The maximum absolute atomic E-state index is 12.0. The summed E-state index contributed by atoms with van der Waals surface area (Å²) in [6.45, 7) is 4.66. The van der Waals surface area contributed by atoms with Crippen molar-refractivity contribution in [3.8, 4) is 17.2 Å². The van der Waals surface area contributed by atoms with Crippen LogP contribution in [0.3, 0.4) is 0 Å². The van der Waals surface area contributed by atoms with Gasteiger partial charge in [-0.1, -0.05) is 25.5 Å². The summed E-state index contributed by atoms with van der Waals surface area (Å²) in [7, 11) is 0. The summed E-state index contributed by atoms with van der Waals surface area (Å²) in [6.07, 6.45) is 1.09. The van der Waals surface area contributed by atoms with Crippen molar-refractivity contribution in [3.05, 3.63) is 54.1 Å². The molecule has 6 heteroatoms. The van der Waals surface area contributed by atoms with Crippen molar-refractivity contribution in [2.75, 3.05) is 13.2 Å². The summed E-state index contributed by atoms with van der Waals surface area (Å²) in [4.78, 5) is 23.9. The second kappa shape index (κ2) is 10.1. The number of carbonyl (C=O) groups is 2. The Bertz CT molecular complexity index is 723. The Hall–Kier alpha value is -3.02. The Morgan fingerprint density at radius 3 is 2.27 bits per heavy atom. The molecule has 0 amide bonds. The van der Waals surface area contributed by atoms with Gasteiger partial charge in [0.25, 0.3) is 0 Å². The molecule has 0 unspecified atom stereocenters. The van der Waals surface area contributed by atoms with Gasteiger partial charge in [0.15, 0.2) is 0 Å². The molecule has 138 valence electrons. The number of rotatable bonds is 8. The Morgan fingerprint density at radius 1 is 0.885 bits per heavy atom. The van der Waals surface area contributed by atoms with Crippen molar-refractivity contribution in [1.82, 2.24) is 0 Å². The predicted octanol–water partition coefficient (Wildman–Crippen LogP) is 4.62. The summed E-state index contributed by atoms with van der Waals surface area (Å²) in [5.41, 5.74) is 0.158. The van der Waals surface area contributed by atoms with E-state index in [1.54, 1.807) is 43.3 Å². The number of esters is 1. The quantitative estimate of drug-likeness (QED) is 0.389. The van der Waals surface area contributed by atoms with Crippen LogP contribution in [-0.2, 0) is 4.74 Å². The van der Waals surface area contributed by atoms with Gasteiger partial charge in [-0.2, -0.15) is 0 Å². The van der Waals surface area contributed by atoms with Gasteiger partial charge in [-0.25, -0.2) is 9.59 Å². The standard InChI is InChI=1S/C20H22O6/c1-3-5-14-24-15-10-12-16(13-11-15)25-20(22)26-18-9-7-6-8-17(18)19(21)23-4-2/h6-13H,3-5,14H2,1-2H3. The smallest absolute Gasteiger partial charge is 0.494 e. The second-order valence-corrected chi connectivity index (χ2v) is 5.34.